The Morgan fingerprint density at radius 1 is 1.15 bits per heavy atom. The third-order valence-corrected chi connectivity index (χ3v) is 3.19. The monoisotopic (exact) mass is 387 g/mol. The predicted octanol–water partition coefficient (Wildman–Crippen LogP) is 4.31. The summed E-state index contributed by atoms with van der Waals surface area (Å²) in [7, 11) is 1.35. The number of benzene rings is 2. The maximum atomic E-state index is 12.1. The predicted molar refractivity (Wildman–Crippen MR) is 92.6 cm³/mol. The van der Waals surface area contributed by atoms with Crippen LogP contribution in [-0.2, 0) is 0 Å². The summed E-state index contributed by atoms with van der Waals surface area (Å²) in [6, 6.07) is 8.89. The van der Waals surface area contributed by atoms with Crippen LogP contribution >= 0.6 is 12.2 Å². The summed E-state index contributed by atoms with van der Waals surface area (Å²) in [5.74, 6) is -0.156. The minimum Gasteiger partial charge on any atom is -0.494 e. The van der Waals surface area contributed by atoms with Crippen LogP contribution in [0.4, 0.5) is 30.2 Å². The summed E-state index contributed by atoms with van der Waals surface area (Å²) in [4.78, 5) is 10.2. The number of ether oxygens (including phenoxy) is 2. The Hall–Kier alpha value is -3.08. The van der Waals surface area contributed by atoms with Gasteiger partial charge in [-0.05, 0) is 42.5 Å². The number of anilines is 2. The van der Waals surface area contributed by atoms with Gasteiger partial charge in [-0.2, -0.15) is 0 Å². The smallest absolute Gasteiger partial charge is 0.494 e. The lowest BCUT2D eigenvalue weighted by molar-refractivity contribution is -0.384. The van der Waals surface area contributed by atoms with Gasteiger partial charge in [0.1, 0.15) is 11.5 Å². The highest BCUT2D eigenvalue weighted by Crippen LogP contribution is 2.29. The number of hydrogen-bond donors (Lipinski definition) is 2. The van der Waals surface area contributed by atoms with Gasteiger partial charge in [-0.25, -0.2) is 0 Å². The molecule has 7 nitrogen and oxygen atoms in total. The van der Waals surface area contributed by atoms with Crippen molar-refractivity contribution in [2.24, 2.45) is 0 Å². The van der Waals surface area contributed by atoms with Gasteiger partial charge in [-0.3, -0.25) is 10.1 Å². The quantitative estimate of drug-likeness (QED) is 0.449. The van der Waals surface area contributed by atoms with Crippen LogP contribution in [0.2, 0.25) is 0 Å². The van der Waals surface area contributed by atoms with Gasteiger partial charge in [-0.1, -0.05) is 0 Å². The number of methoxy groups -OCH3 is 1. The lowest BCUT2D eigenvalue weighted by Crippen LogP contribution is -2.20. The molecule has 2 N–H and O–H groups in total. The second-order valence-corrected chi connectivity index (χ2v) is 5.20. The molecule has 2 aromatic carbocycles. The summed E-state index contributed by atoms with van der Waals surface area (Å²) < 4.78 is 45.2. The van der Waals surface area contributed by atoms with E-state index in [1.807, 2.05) is 0 Å². The number of nitro groups is 1. The molecule has 0 aliphatic rings. The summed E-state index contributed by atoms with van der Waals surface area (Å²) in [5, 5.41) is 16.4. The Kier molecular flexibility index (Phi) is 5.82. The Morgan fingerprint density at radius 3 is 2.35 bits per heavy atom. The van der Waals surface area contributed by atoms with E-state index in [9.17, 15) is 23.3 Å². The zero-order chi connectivity index (χ0) is 19.3. The second kappa shape index (κ2) is 7.87. The molecule has 0 spiro atoms. The molecule has 0 amide bonds. The molecule has 2 aromatic rings. The average molecular weight is 387 g/mol. The third kappa shape index (κ3) is 5.48. The zero-order valence-electron chi connectivity index (χ0n) is 13.2. The first-order chi connectivity index (χ1) is 12.2. The van der Waals surface area contributed by atoms with Gasteiger partial charge in [-0.15, -0.1) is 13.2 Å². The van der Waals surface area contributed by atoms with Crippen molar-refractivity contribution in [1.29, 1.82) is 0 Å². The van der Waals surface area contributed by atoms with Crippen molar-refractivity contribution in [2.75, 3.05) is 17.7 Å². The van der Waals surface area contributed by atoms with Crippen molar-refractivity contribution in [3.05, 3.63) is 52.6 Å². The van der Waals surface area contributed by atoms with E-state index in [-0.39, 0.29) is 22.3 Å². The maximum absolute atomic E-state index is 12.1. The number of rotatable bonds is 5. The first-order valence-electron chi connectivity index (χ1n) is 6.94. The average Bonchev–Trinajstić information content (AvgIpc) is 2.55. The summed E-state index contributed by atoms with van der Waals surface area (Å²) in [5.41, 5.74) is 0.650. The molecule has 0 heterocycles. The fourth-order valence-electron chi connectivity index (χ4n) is 1.92. The molecule has 0 saturated heterocycles. The number of halogens is 3. The number of thiocarbonyl (C=S) groups is 1. The van der Waals surface area contributed by atoms with E-state index in [1.54, 1.807) is 0 Å². The first kappa shape index (κ1) is 19.2. The zero-order valence-corrected chi connectivity index (χ0v) is 14.0. The molecule has 0 aliphatic carbocycles. The molecule has 0 unspecified atom stereocenters. The van der Waals surface area contributed by atoms with Crippen LogP contribution in [0.5, 0.6) is 11.5 Å². The molecule has 138 valence electrons. The van der Waals surface area contributed by atoms with Crippen LogP contribution in [0.15, 0.2) is 42.5 Å². The first-order valence-corrected chi connectivity index (χ1v) is 7.35. The largest absolute Gasteiger partial charge is 0.573 e. The van der Waals surface area contributed by atoms with Crippen LogP contribution in [0.1, 0.15) is 0 Å². The van der Waals surface area contributed by atoms with Crippen molar-refractivity contribution < 1.29 is 27.6 Å². The van der Waals surface area contributed by atoms with Gasteiger partial charge < -0.3 is 20.1 Å². The molecule has 0 saturated carbocycles. The van der Waals surface area contributed by atoms with Gasteiger partial charge in [0.05, 0.1) is 23.8 Å². The normalized spacial score (nSPS) is 10.8. The number of non-ortho nitro benzene ring substituents is 1. The van der Waals surface area contributed by atoms with Gasteiger partial charge in [0, 0.05) is 11.8 Å². The number of nitro benzene ring substituents is 1. The lowest BCUT2D eigenvalue weighted by atomic mass is 10.2. The van der Waals surface area contributed by atoms with Crippen molar-refractivity contribution in [3.63, 3.8) is 0 Å². The Labute approximate surface area is 150 Å². The van der Waals surface area contributed by atoms with E-state index in [1.165, 1.54) is 37.4 Å². The molecule has 0 aliphatic heterocycles. The van der Waals surface area contributed by atoms with Crippen molar-refractivity contribution in [2.45, 2.75) is 6.36 Å². The fourth-order valence-corrected chi connectivity index (χ4v) is 2.15. The van der Waals surface area contributed by atoms with Crippen molar-refractivity contribution in [3.8, 4) is 11.5 Å². The summed E-state index contributed by atoms with van der Waals surface area (Å²) in [6.07, 6.45) is -4.77. The Balaban J connectivity index is 2.03. The number of alkyl halides is 3. The minimum absolute atomic E-state index is 0.113. The Morgan fingerprint density at radius 2 is 1.81 bits per heavy atom. The molecular formula is C15H12F3N3O4S. The second-order valence-electron chi connectivity index (χ2n) is 4.79. The van der Waals surface area contributed by atoms with Crippen LogP contribution in [-0.4, -0.2) is 23.5 Å². The SMILES string of the molecule is COc1cc([N+](=O)[O-])ccc1NC(=S)Nc1ccc(OC(F)(F)F)cc1. The molecule has 26 heavy (non-hydrogen) atoms. The number of nitrogens with one attached hydrogen (secondary N) is 2. The Bertz CT molecular complexity index is 813. The van der Waals surface area contributed by atoms with Crippen LogP contribution < -0.4 is 20.1 Å². The van der Waals surface area contributed by atoms with Gasteiger partial charge in [0.25, 0.3) is 5.69 Å². The molecule has 0 bridgehead atoms. The molecule has 0 fully saturated rings. The minimum atomic E-state index is -4.77. The number of nitrogens with zero attached hydrogens (tertiary/aromatic N) is 1. The summed E-state index contributed by atoms with van der Waals surface area (Å²) >= 11 is 5.11. The highest BCUT2D eigenvalue weighted by molar-refractivity contribution is 7.80. The lowest BCUT2D eigenvalue weighted by Gasteiger charge is -2.14. The molecule has 0 aromatic heterocycles. The summed E-state index contributed by atoms with van der Waals surface area (Å²) in [6.45, 7) is 0. The van der Waals surface area contributed by atoms with E-state index < -0.39 is 11.3 Å². The van der Waals surface area contributed by atoms with Crippen LogP contribution in [0.3, 0.4) is 0 Å². The molecule has 0 radical (unpaired) electrons. The topological polar surface area (TPSA) is 85.7 Å². The molecule has 0 atom stereocenters. The maximum Gasteiger partial charge on any atom is 0.573 e. The highest BCUT2D eigenvalue weighted by Gasteiger charge is 2.30. The van der Waals surface area contributed by atoms with Crippen LogP contribution in [0.25, 0.3) is 0 Å². The van der Waals surface area contributed by atoms with Gasteiger partial charge >= 0.3 is 6.36 Å². The van der Waals surface area contributed by atoms with E-state index in [4.69, 9.17) is 17.0 Å². The molecular weight excluding hydrogens is 375 g/mol. The van der Waals surface area contributed by atoms with E-state index in [2.05, 4.69) is 15.4 Å². The van der Waals surface area contributed by atoms with E-state index >= 15 is 0 Å². The third-order valence-electron chi connectivity index (χ3n) is 2.99. The van der Waals surface area contributed by atoms with Crippen LogP contribution in [0, 0.1) is 10.1 Å². The van der Waals surface area contributed by atoms with Crippen molar-refractivity contribution in [1.82, 2.24) is 0 Å². The standard InChI is InChI=1S/C15H12F3N3O4S/c1-24-13-8-10(21(22)23)4-7-12(13)20-14(26)19-9-2-5-11(6-3-9)25-15(16,17)18/h2-8H,1H3,(H2,19,20,26). The highest BCUT2D eigenvalue weighted by atomic mass is 32.1. The number of hydrogen-bond acceptors (Lipinski definition) is 5. The van der Waals surface area contributed by atoms with Crippen molar-refractivity contribution >= 4 is 34.4 Å². The van der Waals surface area contributed by atoms with Gasteiger partial charge in [0.2, 0.25) is 0 Å². The fraction of sp³-hybridized carbons (Fsp3) is 0.133. The van der Waals surface area contributed by atoms with Gasteiger partial charge in [0.15, 0.2) is 5.11 Å². The molecule has 2 rings (SSSR count). The molecule has 11 heteroatoms. The van der Waals surface area contributed by atoms with E-state index in [0.717, 1.165) is 12.1 Å². The van der Waals surface area contributed by atoms with E-state index in [0.29, 0.717) is 11.4 Å².